The highest BCUT2D eigenvalue weighted by atomic mass is 28.3. The van der Waals surface area contributed by atoms with Crippen LogP contribution in [0, 0.1) is 0 Å². The highest BCUT2D eigenvalue weighted by Gasteiger charge is 2.43. The van der Waals surface area contributed by atoms with Crippen LogP contribution >= 0.6 is 0 Å². The van der Waals surface area contributed by atoms with Gasteiger partial charge in [-0.15, -0.1) is 0 Å². The van der Waals surface area contributed by atoms with E-state index < -0.39 is 8.07 Å². The minimum atomic E-state index is -2.69. The number of hydrogen-bond acceptors (Lipinski definition) is 1. The molecule has 2 aliphatic rings. The Hall–Kier alpha value is -5.38. The molecule has 0 aliphatic carbocycles. The van der Waals surface area contributed by atoms with Crippen LogP contribution in [-0.4, -0.2) is 14.8 Å². The number of benzene rings is 7. The largest absolute Gasteiger partial charge is 0.458 e. The number of rotatable bonds is 4. The van der Waals surface area contributed by atoms with Crippen molar-refractivity contribution >= 4 is 51.9 Å². The first-order chi connectivity index (χ1) is 22.3. The molecule has 210 valence electrons. The molecule has 0 saturated heterocycles. The van der Waals surface area contributed by atoms with E-state index in [0.717, 1.165) is 11.5 Å². The Labute approximate surface area is 265 Å². The summed E-state index contributed by atoms with van der Waals surface area (Å²) in [6.45, 7) is 0.0903. The van der Waals surface area contributed by atoms with E-state index in [2.05, 4.69) is 176 Å². The molecule has 2 heterocycles. The quantitative estimate of drug-likeness (QED) is 0.200. The van der Waals surface area contributed by atoms with E-state index in [0.29, 0.717) is 0 Å². The molecular weight excluding hydrogens is 559 g/mol. The highest BCUT2D eigenvalue weighted by Crippen LogP contribution is 2.38. The first kappa shape index (κ1) is 26.1. The van der Waals surface area contributed by atoms with Gasteiger partial charge < -0.3 is 4.74 Å². The summed E-state index contributed by atoms with van der Waals surface area (Å²) in [6, 6.07) is 65.0. The number of ether oxygens (including phenoxy) is 1. The molecule has 7 aromatic carbocycles. The van der Waals surface area contributed by atoms with Crippen LogP contribution in [0.3, 0.4) is 0 Å². The number of para-hydroxylation sites is 1. The zero-order valence-corrected chi connectivity index (χ0v) is 25.7. The van der Waals surface area contributed by atoms with Gasteiger partial charge in [-0.2, -0.15) is 0 Å². The summed E-state index contributed by atoms with van der Waals surface area (Å²) < 4.78 is 6.57. The lowest BCUT2D eigenvalue weighted by Crippen LogP contribution is -2.74. The van der Waals surface area contributed by atoms with Gasteiger partial charge in [-0.1, -0.05) is 169 Å². The van der Waals surface area contributed by atoms with Crippen LogP contribution in [0.5, 0.6) is 11.5 Å². The van der Waals surface area contributed by atoms with Crippen LogP contribution in [-0.2, 0) is 0 Å². The van der Waals surface area contributed by atoms with Gasteiger partial charge in [0, 0.05) is 0 Å². The first-order valence-corrected chi connectivity index (χ1v) is 17.6. The van der Waals surface area contributed by atoms with E-state index in [4.69, 9.17) is 4.74 Å². The molecule has 9 rings (SSSR count). The van der Waals surface area contributed by atoms with Crippen molar-refractivity contribution in [3.8, 4) is 33.8 Å². The maximum absolute atomic E-state index is 6.57. The maximum Gasteiger partial charge on any atom is 0.252 e. The topological polar surface area (TPSA) is 9.23 Å². The Balaban J connectivity index is 1.39. The third-order valence-corrected chi connectivity index (χ3v) is 14.5. The minimum absolute atomic E-state index is 0.0903. The predicted octanol–water partition coefficient (Wildman–Crippen LogP) is 5.33. The molecule has 0 amide bonds. The van der Waals surface area contributed by atoms with Gasteiger partial charge in [-0.05, 0) is 66.1 Å². The number of fused-ring (bicyclic) bond motifs is 7. The van der Waals surface area contributed by atoms with Crippen molar-refractivity contribution in [2.45, 2.75) is 0 Å². The summed E-state index contributed by atoms with van der Waals surface area (Å²) in [6.07, 6.45) is 0. The summed E-state index contributed by atoms with van der Waals surface area (Å²) in [4.78, 5) is 0. The number of hydrogen-bond donors (Lipinski definition) is 0. The third kappa shape index (κ3) is 3.87. The van der Waals surface area contributed by atoms with Gasteiger partial charge in [-0.25, -0.2) is 0 Å². The molecule has 0 saturated carbocycles. The van der Waals surface area contributed by atoms with Crippen molar-refractivity contribution < 1.29 is 4.74 Å². The van der Waals surface area contributed by atoms with E-state index in [1.54, 1.807) is 0 Å². The second-order valence-electron chi connectivity index (χ2n) is 12.0. The molecule has 1 nitrogen and oxygen atoms in total. The van der Waals surface area contributed by atoms with Crippen molar-refractivity contribution in [2.75, 3.05) is 0 Å². The van der Waals surface area contributed by atoms with Gasteiger partial charge in [0.2, 0.25) is 0 Å². The van der Waals surface area contributed by atoms with E-state index in [1.807, 2.05) is 0 Å². The molecule has 3 heteroatoms. The summed E-state index contributed by atoms with van der Waals surface area (Å²) >= 11 is 0. The lowest BCUT2D eigenvalue weighted by atomic mass is 9.35. The summed E-state index contributed by atoms with van der Waals surface area (Å²) in [7, 11) is -2.69. The minimum Gasteiger partial charge on any atom is -0.458 e. The summed E-state index contributed by atoms with van der Waals surface area (Å²) in [5.74, 6) is 1.89. The van der Waals surface area contributed by atoms with Crippen molar-refractivity contribution in [3.63, 3.8) is 0 Å². The second kappa shape index (κ2) is 10.4. The van der Waals surface area contributed by atoms with E-state index in [1.165, 1.54) is 59.4 Å². The van der Waals surface area contributed by atoms with Crippen LogP contribution in [0.2, 0.25) is 0 Å². The Morgan fingerprint density at radius 3 is 1.56 bits per heavy atom. The average Bonchev–Trinajstić information content (AvgIpc) is 3.24. The average molecular weight is 589 g/mol. The zero-order chi connectivity index (χ0) is 29.8. The summed E-state index contributed by atoms with van der Waals surface area (Å²) in [5.41, 5.74) is 8.87. The fourth-order valence-electron chi connectivity index (χ4n) is 7.87. The lowest BCUT2D eigenvalue weighted by molar-refractivity contribution is 0.487. The zero-order valence-electron chi connectivity index (χ0n) is 24.7. The molecule has 0 atom stereocenters. The predicted molar refractivity (Wildman–Crippen MR) is 192 cm³/mol. The smallest absolute Gasteiger partial charge is 0.252 e. The molecule has 7 aromatic rings. The normalized spacial score (nSPS) is 12.6. The lowest BCUT2D eigenvalue weighted by Gasteiger charge is -2.35. The SMILES string of the molecule is c1ccc([Si](c2ccccc2)(c2ccccc2)c2ccc3c(c2)-c2ccccc2B2c4ccccc4Oc4cccc-3c42)cc1. The van der Waals surface area contributed by atoms with Gasteiger partial charge in [0.15, 0.2) is 8.07 Å². The van der Waals surface area contributed by atoms with Crippen LogP contribution in [0.15, 0.2) is 176 Å². The molecule has 0 N–H and O–H groups in total. The van der Waals surface area contributed by atoms with Crippen LogP contribution in [0.25, 0.3) is 22.3 Å². The van der Waals surface area contributed by atoms with Gasteiger partial charge in [-0.3, -0.25) is 0 Å². The van der Waals surface area contributed by atoms with Crippen molar-refractivity contribution in [3.05, 3.63) is 176 Å². The molecule has 0 aromatic heterocycles. The fourth-order valence-corrected chi connectivity index (χ4v) is 12.6. The summed E-state index contributed by atoms with van der Waals surface area (Å²) in [5, 5.41) is 5.52. The first-order valence-electron chi connectivity index (χ1n) is 15.6. The van der Waals surface area contributed by atoms with Crippen molar-refractivity contribution in [2.24, 2.45) is 0 Å². The van der Waals surface area contributed by atoms with E-state index in [9.17, 15) is 0 Å². The second-order valence-corrected chi connectivity index (χ2v) is 15.8. The van der Waals surface area contributed by atoms with Crippen molar-refractivity contribution in [1.29, 1.82) is 0 Å². The Bertz CT molecular complexity index is 2100. The van der Waals surface area contributed by atoms with E-state index >= 15 is 0 Å². The fraction of sp³-hybridized carbons (Fsp3) is 0. The third-order valence-electron chi connectivity index (χ3n) is 9.73. The standard InChI is InChI=1S/C42H29BOSi/c1-4-15-30(16-5-1)45(31-17-6-2-7-18-31,32-19-8-3-9-20-32)33-27-28-34-36-22-14-26-41-42(36)43(39-24-12-13-25-40(39)44-41)38-23-11-10-21-35(38)37(34)29-33/h1-29H. The van der Waals surface area contributed by atoms with Gasteiger partial charge in [0.1, 0.15) is 11.5 Å². The molecule has 0 spiro atoms. The van der Waals surface area contributed by atoms with Gasteiger partial charge >= 0.3 is 0 Å². The van der Waals surface area contributed by atoms with Crippen LogP contribution < -0.4 is 41.9 Å². The molecule has 0 radical (unpaired) electrons. The van der Waals surface area contributed by atoms with E-state index in [-0.39, 0.29) is 6.71 Å². The van der Waals surface area contributed by atoms with Gasteiger partial charge in [0.05, 0.1) is 0 Å². The molecule has 0 bridgehead atoms. The molecule has 45 heavy (non-hydrogen) atoms. The van der Waals surface area contributed by atoms with Crippen molar-refractivity contribution in [1.82, 2.24) is 0 Å². The monoisotopic (exact) mass is 588 g/mol. The Morgan fingerprint density at radius 2 is 0.889 bits per heavy atom. The maximum atomic E-state index is 6.57. The molecule has 0 fully saturated rings. The van der Waals surface area contributed by atoms with Crippen LogP contribution in [0.4, 0.5) is 0 Å². The van der Waals surface area contributed by atoms with Crippen LogP contribution in [0.1, 0.15) is 0 Å². The Kier molecular flexibility index (Phi) is 6.00. The molecule has 2 aliphatic heterocycles. The molecule has 0 unspecified atom stereocenters. The molecular formula is C42H29BOSi. The highest BCUT2D eigenvalue weighted by molar-refractivity contribution is 7.20. The Morgan fingerprint density at radius 1 is 0.356 bits per heavy atom. The van der Waals surface area contributed by atoms with Gasteiger partial charge in [0.25, 0.3) is 6.71 Å².